The number of ketones is 1. The minimum absolute atomic E-state index is 0.131. The molecule has 0 atom stereocenters. The number of para-hydroxylation sites is 1. The summed E-state index contributed by atoms with van der Waals surface area (Å²) in [5.74, 6) is -0.0276. The van der Waals surface area contributed by atoms with Crippen LogP contribution in [0.3, 0.4) is 0 Å². The van der Waals surface area contributed by atoms with Gasteiger partial charge in [-0.3, -0.25) is 9.78 Å². The van der Waals surface area contributed by atoms with Gasteiger partial charge in [0.25, 0.3) is 0 Å². The van der Waals surface area contributed by atoms with Gasteiger partial charge in [-0.1, -0.05) is 48.0 Å². The van der Waals surface area contributed by atoms with E-state index in [2.05, 4.69) is 52.9 Å². The fraction of sp³-hybridized carbons (Fsp3) is 0.0769. The molecular weight excluding hydrogens is 372 g/mol. The normalized spacial score (nSPS) is 11.2. The summed E-state index contributed by atoms with van der Waals surface area (Å²) in [6.45, 7) is 2.73. The monoisotopic (exact) mass is 392 g/mol. The van der Waals surface area contributed by atoms with Gasteiger partial charge in [-0.2, -0.15) is 0 Å². The largest absolute Gasteiger partial charge is 0.508 e. The summed E-state index contributed by atoms with van der Waals surface area (Å²) in [7, 11) is 0. The number of fused-ring (bicyclic) bond motifs is 3. The molecule has 0 unspecified atom stereocenters. The van der Waals surface area contributed by atoms with Crippen molar-refractivity contribution in [1.82, 2.24) is 9.55 Å². The van der Waals surface area contributed by atoms with Crippen LogP contribution in [0, 0.1) is 6.92 Å². The van der Waals surface area contributed by atoms with Crippen molar-refractivity contribution in [3.8, 4) is 5.75 Å². The number of carbonyl (C=O) groups excluding carboxylic acids is 1. The topological polar surface area (TPSA) is 55.1 Å². The molecule has 3 aromatic carbocycles. The number of nitrogens with zero attached hydrogens (tertiary/aromatic N) is 2. The molecule has 5 aromatic rings. The van der Waals surface area contributed by atoms with Gasteiger partial charge >= 0.3 is 0 Å². The molecule has 0 aliphatic rings. The highest BCUT2D eigenvalue weighted by Gasteiger charge is 2.20. The second-order valence-electron chi connectivity index (χ2n) is 7.52. The van der Waals surface area contributed by atoms with Crippen LogP contribution in [0.15, 0.2) is 85.1 Å². The summed E-state index contributed by atoms with van der Waals surface area (Å²) < 4.78 is 2.18. The molecule has 2 aromatic heterocycles. The highest BCUT2D eigenvalue weighted by molar-refractivity contribution is 6.19. The fourth-order valence-corrected chi connectivity index (χ4v) is 4.07. The standard InChI is InChI=1S/C26H20N2O2/c1-17-5-4-6-18(15-17)16-28-23-8-3-2-7-21(23)22-13-14-27-24(25(22)28)26(30)19-9-11-20(29)12-10-19/h2-15,29H,16H2,1H3. The van der Waals surface area contributed by atoms with E-state index < -0.39 is 0 Å². The average molecular weight is 392 g/mol. The Hall–Kier alpha value is -3.92. The van der Waals surface area contributed by atoms with Gasteiger partial charge in [0, 0.05) is 34.6 Å². The Kier molecular flexibility index (Phi) is 4.32. The molecule has 2 heterocycles. The molecule has 0 fully saturated rings. The molecule has 4 nitrogen and oxygen atoms in total. The summed E-state index contributed by atoms with van der Waals surface area (Å²) in [6, 6.07) is 24.9. The van der Waals surface area contributed by atoms with Crippen molar-refractivity contribution < 1.29 is 9.90 Å². The molecule has 5 rings (SSSR count). The van der Waals surface area contributed by atoms with Crippen molar-refractivity contribution in [2.75, 3.05) is 0 Å². The minimum atomic E-state index is -0.158. The first kappa shape index (κ1) is 18.1. The SMILES string of the molecule is Cc1cccc(Cn2c3ccccc3c3ccnc(C(=O)c4ccc(O)cc4)c32)c1. The lowest BCUT2D eigenvalue weighted by Gasteiger charge is -2.11. The number of carbonyl (C=O) groups is 1. The van der Waals surface area contributed by atoms with Crippen LogP contribution in [0.5, 0.6) is 5.75 Å². The van der Waals surface area contributed by atoms with Gasteiger partial charge in [0.1, 0.15) is 11.4 Å². The number of aromatic nitrogens is 2. The van der Waals surface area contributed by atoms with Crippen LogP contribution < -0.4 is 0 Å². The first-order valence-corrected chi connectivity index (χ1v) is 9.87. The Morgan fingerprint density at radius 3 is 2.53 bits per heavy atom. The van der Waals surface area contributed by atoms with Crippen molar-refractivity contribution in [2.24, 2.45) is 0 Å². The molecule has 0 amide bonds. The van der Waals surface area contributed by atoms with Crippen LogP contribution in [0.1, 0.15) is 27.2 Å². The molecule has 30 heavy (non-hydrogen) atoms. The lowest BCUT2D eigenvalue weighted by atomic mass is 10.1. The molecule has 0 radical (unpaired) electrons. The lowest BCUT2D eigenvalue weighted by Crippen LogP contribution is -2.09. The van der Waals surface area contributed by atoms with Gasteiger partial charge < -0.3 is 9.67 Å². The van der Waals surface area contributed by atoms with Crippen molar-refractivity contribution in [3.63, 3.8) is 0 Å². The second kappa shape index (κ2) is 7.16. The van der Waals surface area contributed by atoms with Gasteiger partial charge in [0.05, 0.1) is 5.52 Å². The van der Waals surface area contributed by atoms with Crippen LogP contribution in [-0.4, -0.2) is 20.4 Å². The van der Waals surface area contributed by atoms with Crippen LogP contribution in [0.25, 0.3) is 21.8 Å². The highest BCUT2D eigenvalue weighted by atomic mass is 16.3. The number of aryl methyl sites for hydroxylation is 1. The average Bonchev–Trinajstić information content (AvgIpc) is 3.08. The maximum absolute atomic E-state index is 13.3. The predicted octanol–water partition coefficient (Wildman–Crippen LogP) is 5.48. The molecule has 0 bridgehead atoms. The number of phenolic OH excluding ortho intramolecular Hbond substituents is 1. The zero-order valence-corrected chi connectivity index (χ0v) is 16.5. The van der Waals surface area contributed by atoms with Crippen molar-refractivity contribution in [2.45, 2.75) is 13.5 Å². The minimum Gasteiger partial charge on any atom is -0.508 e. The van der Waals surface area contributed by atoms with Crippen molar-refractivity contribution in [3.05, 3.63) is 107 Å². The molecule has 0 spiro atoms. The quantitative estimate of drug-likeness (QED) is 0.412. The second-order valence-corrected chi connectivity index (χ2v) is 7.52. The number of aromatic hydroxyl groups is 1. The van der Waals surface area contributed by atoms with E-state index in [1.807, 2.05) is 18.2 Å². The molecule has 0 aliphatic carbocycles. The van der Waals surface area contributed by atoms with E-state index >= 15 is 0 Å². The zero-order valence-electron chi connectivity index (χ0n) is 16.5. The lowest BCUT2D eigenvalue weighted by molar-refractivity contribution is 0.103. The Morgan fingerprint density at radius 2 is 1.73 bits per heavy atom. The fourth-order valence-electron chi connectivity index (χ4n) is 4.07. The van der Waals surface area contributed by atoms with E-state index in [0.717, 1.165) is 21.8 Å². The Balaban J connectivity index is 1.76. The maximum Gasteiger partial charge on any atom is 0.213 e. The molecule has 0 saturated heterocycles. The number of hydrogen-bond acceptors (Lipinski definition) is 3. The summed E-state index contributed by atoms with van der Waals surface area (Å²) >= 11 is 0. The van der Waals surface area contributed by atoms with E-state index in [1.54, 1.807) is 18.3 Å². The van der Waals surface area contributed by atoms with Gasteiger partial charge in [0.2, 0.25) is 5.78 Å². The Labute approximate surface area is 174 Å². The number of rotatable bonds is 4. The highest BCUT2D eigenvalue weighted by Crippen LogP contribution is 2.32. The summed E-state index contributed by atoms with van der Waals surface area (Å²) in [5.41, 5.74) is 5.19. The third-order valence-electron chi connectivity index (χ3n) is 5.45. The molecular formula is C26H20N2O2. The maximum atomic E-state index is 13.3. The molecule has 0 aliphatic heterocycles. The first-order valence-electron chi connectivity index (χ1n) is 9.87. The van der Waals surface area contributed by atoms with Crippen molar-refractivity contribution in [1.29, 1.82) is 0 Å². The predicted molar refractivity (Wildman–Crippen MR) is 119 cm³/mol. The van der Waals surface area contributed by atoms with Gasteiger partial charge in [-0.15, -0.1) is 0 Å². The third kappa shape index (κ3) is 3.03. The van der Waals surface area contributed by atoms with E-state index in [9.17, 15) is 9.90 Å². The number of benzene rings is 3. The first-order chi connectivity index (χ1) is 14.6. The number of pyridine rings is 1. The van der Waals surface area contributed by atoms with E-state index in [4.69, 9.17) is 0 Å². The molecule has 4 heteroatoms. The number of hydrogen-bond donors (Lipinski definition) is 1. The Morgan fingerprint density at radius 1 is 0.933 bits per heavy atom. The Bertz CT molecular complexity index is 1400. The number of phenols is 1. The summed E-state index contributed by atoms with van der Waals surface area (Å²) in [6.07, 6.45) is 1.69. The van der Waals surface area contributed by atoms with Crippen LogP contribution in [0.4, 0.5) is 0 Å². The molecule has 146 valence electrons. The summed E-state index contributed by atoms with van der Waals surface area (Å²) in [4.78, 5) is 17.8. The van der Waals surface area contributed by atoms with E-state index in [0.29, 0.717) is 17.8 Å². The van der Waals surface area contributed by atoms with Crippen LogP contribution >= 0.6 is 0 Å². The smallest absolute Gasteiger partial charge is 0.213 e. The van der Waals surface area contributed by atoms with Crippen molar-refractivity contribution >= 4 is 27.6 Å². The summed E-state index contributed by atoms with van der Waals surface area (Å²) in [5, 5.41) is 11.7. The van der Waals surface area contributed by atoms with Crippen LogP contribution in [-0.2, 0) is 6.54 Å². The van der Waals surface area contributed by atoms with Gasteiger partial charge in [0.15, 0.2) is 0 Å². The van der Waals surface area contributed by atoms with E-state index in [-0.39, 0.29) is 11.5 Å². The third-order valence-corrected chi connectivity index (χ3v) is 5.45. The molecule has 1 N–H and O–H groups in total. The van der Waals surface area contributed by atoms with Crippen LogP contribution in [0.2, 0.25) is 0 Å². The van der Waals surface area contributed by atoms with E-state index in [1.165, 1.54) is 23.3 Å². The van der Waals surface area contributed by atoms with Gasteiger partial charge in [-0.25, -0.2) is 0 Å². The van der Waals surface area contributed by atoms with Gasteiger partial charge in [-0.05, 0) is 48.9 Å². The zero-order chi connectivity index (χ0) is 20.7. The molecule has 0 saturated carbocycles.